The normalized spacial score (nSPS) is 12.5. The van der Waals surface area contributed by atoms with E-state index < -0.39 is 0 Å². The standard InChI is InChI=1S/C18H25NO/c1-17(2,3)14-7-9-15(10-8-14)19(18(4,5)6)16-11-12-20-13-16/h7-13H,1-6H3. The van der Waals surface area contributed by atoms with Crippen LogP contribution in [0.3, 0.4) is 0 Å². The molecule has 0 N–H and O–H groups in total. The molecule has 0 spiro atoms. The van der Waals surface area contributed by atoms with E-state index in [0.717, 1.165) is 5.69 Å². The molecule has 2 aromatic rings. The van der Waals surface area contributed by atoms with Crippen molar-refractivity contribution in [3.05, 3.63) is 48.4 Å². The van der Waals surface area contributed by atoms with Crippen molar-refractivity contribution in [1.82, 2.24) is 0 Å². The van der Waals surface area contributed by atoms with Crippen molar-refractivity contribution in [1.29, 1.82) is 0 Å². The summed E-state index contributed by atoms with van der Waals surface area (Å²) in [7, 11) is 0. The molecule has 0 radical (unpaired) electrons. The first-order valence-corrected chi connectivity index (χ1v) is 7.12. The largest absolute Gasteiger partial charge is 0.470 e. The fourth-order valence-corrected chi connectivity index (χ4v) is 2.42. The highest BCUT2D eigenvalue weighted by Crippen LogP contribution is 2.34. The van der Waals surface area contributed by atoms with E-state index in [1.165, 1.54) is 11.3 Å². The van der Waals surface area contributed by atoms with Gasteiger partial charge < -0.3 is 9.32 Å². The van der Waals surface area contributed by atoms with Gasteiger partial charge in [0.1, 0.15) is 6.26 Å². The van der Waals surface area contributed by atoms with Crippen LogP contribution in [-0.2, 0) is 5.41 Å². The summed E-state index contributed by atoms with van der Waals surface area (Å²) < 4.78 is 5.25. The van der Waals surface area contributed by atoms with Gasteiger partial charge in [-0.2, -0.15) is 0 Å². The molecule has 2 nitrogen and oxygen atoms in total. The Kier molecular flexibility index (Phi) is 3.68. The van der Waals surface area contributed by atoms with Gasteiger partial charge in [0.25, 0.3) is 0 Å². The molecule has 1 aromatic carbocycles. The highest BCUT2D eigenvalue weighted by atomic mass is 16.3. The Hall–Kier alpha value is -1.70. The van der Waals surface area contributed by atoms with E-state index in [-0.39, 0.29) is 11.0 Å². The van der Waals surface area contributed by atoms with Crippen LogP contribution in [0.4, 0.5) is 11.4 Å². The van der Waals surface area contributed by atoms with Crippen LogP contribution in [0.15, 0.2) is 47.3 Å². The van der Waals surface area contributed by atoms with Crippen LogP contribution in [0.2, 0.25) is 0 Å². The van der Waals surface area contributed by atoms with Gasteiger partial charge in [-0.1, -0.05) is 32.9 Å². The van der Waals surface area contributed by atoms with E-state index in [9.17, 15) is 0 Å². The lowest BCUT2D eigenvalue weighted by Crippen LogP contribution is -2.37. The smallest absolute Gasteiger partial charge is 0.114 e. The number of benzene rings is 1. The van der Waals surface area contributed by atoms with Gasteiger partial charge in [-0.15, -0.1) is 0 Å². The Bertz CT molecular complexity index is 539. The second-order valence-corrected chi connectivity index (χ2v) is 7.28. The highest BCUT2D eigenvalue weighted by molar-refractivity contribution is 5.64. The minimum atomic E-state index is -0.00682. The monoisotopic (exact) mass is 271 g/mol. The summed E-state index contributed by atoms with van der Waals surface area (Å²) in [4.78, 5) is 2.29. The van der Waals surface area contributed by atoms with Crippen molar-refractivity contribution in [2.24, 2.45) is 0 Å². The zero-order valence-electron chi connectivity index (χ0n) is 13.4. The second kappa shape index (κ2) is 5.01. The molecule has 0 saturated carbocycles. The van der Waals surface area contributed by atoms with Crippen LogP contribution >= 0.6 is 0 Å². The third-order valence-corrected chi connectivity index (χ3v) is 3.43. The lowest BCUT2D eigenvalue weighted by Gasteiger charge is -2.37. The van der Waals surface area contributed by atoms with Crippen molar-refractivity contribution >= 4 is 11.4 Å². The van der Waals surface area contributed by atoms with Crippen LogP contribution in [0, 0.1) is 0 Å². The molecule has 0 bridgehead atoms. The third kappa shape index (κ3) is 3.06. The average molecular weight is 271 g/mol. The quantitative estimate of drug-likeness (QED) is 0.715. The number of rotatable bonds is 2. The SMILES string of the molecule is CC(C)(C)c1ccc(N(c2ccoc2)C(C)(C)C)cc1. The van der Waals surface area contributed by atoms with Crippen molar-refractivity contribution in [2.45, 2.75) is 52.5 Å². The molecule has 1 aromatic heterocycles. The molecule has 0 aliphatic carbocycles. The van der Waals surface area contributed by atoms with Crippen LogP contribution < -0.4 is 4.90 Å². The second-order valence-electron chi connectivity index (χ2n) is 7.28. The predicted molar refractivity (Wildman–Crippen MR) is 85.7 cm³/mol. The van der Waals surface area contributed by atoms with E-state index in [1.807, 2.05) is 6.07 Å². The van der Waals surface area contributed by atoms with Crippen LogP contribution in [-0.4, -0.2) is 5.54 Å². The maximum absolute atomic E-state index is 5.25. The maximum Gasteiger partial charge on any atom is 0.114 e. The van der Waals surface area contributed by atoms with Gasteiger partial charge in [-0.05, 0) is 43.9 Å². The Morgan fingerprint density at radius 1 is 0.800 bits per heavy atom. The minimum Gasteiger partial charge on any atom is -0.470 e. The van der Waals surface area contributed by atoms with E-state index >= 15 is 0 Å². The molecular weight excluding hydrogens is 246 g/mol. The van der Waals surface area contributed by atoms with E-state index in [2.05, 4.69) is 70.7 Å². The van der Waals surface area contributed by atoms with Crippen LogP contribution in [0.5, 0.6) is 0 Å². The minimum absolute atomic E-state index is 0.00682. The van der Waals surface area contributed by atoms with Crippen LogP contribution in [0.25, 0.3) is 0 Å². The molecule has 0 aliphatic heterocycles. The van der Waals surface area contributed by atoms with Gasteiger partial charge in [0.15, 0.2) is 0 Å². The molecule has 0 fully saturated rings. The first kappa shape index (κ1) is 14.7. The molecule has 0 saturated heterocycles. The summed E-state index contributed by atoms with van der Waals surface area (Å²) in [5, 5.41) is 0. The van der Waals surface area contributed by atoms with Crippen molar-refractivity contribution in [3.63, 3.8) is 0 Å². The van der Waals surface area contributed by atoms with E-state index in [1.54, 1.807) is 12.5 Å². The van der Waals surface area contributed by atoms with Gasteiger partial charge in [-0.25, -0.2) is 0 Å². The van der Waals surface area contributed by atoms with Gasteiger partial charge >= 0.3 is 0 Å². The summed E-state index contributed by atoms with van der Waals surface area (Å²) in [6.45, 7) is 13.3. The van der Waals surface area contributed by atoms with Gasteiger partial charge in [-0.3, -0.25) is 0 Å². The zero-order chi connectivity index (χ0) is 15.0. The third-order valence-electron chi connectivity index (χ3n) is 3.43. The molecule has 0 aliphatic rings. The summed E-state index contributed by atoms with van der Waals surface area (Å²) in [5.41, 5.74) is 3.80. The van der Waals surface area contributed by atoms with Gasteiger partial charge in [0.2, 0.25) is 0 Å². The molecule has 1 heterocycles. The Balaban J connectivity index is 2.41. The number of nitrogens with zero attached hydrogens (tertiary/aromatic N) is 1. The molecule has 2 heteroatoms. The lowest BCUT2D eigenvalue weighted by molar-refractivity contribution is 0.543. The fourth-order valence-electron chi connectivity index (χ4n) is 2.42. The van der Waals surface area contributed by atoms with Crippen molar-refractivity contribution in [3.8, 4) is 0 Å². The van der Waals surface area contributed by atoms with E-state index in [0.29, 0.717) is 0 Å². The zero-order valence-corrected chi connectivity index (χ0v) is 13.4. The van der Waals surface area contributed by atoms with Crippen molar-refractivity contribution < 1.29 is 4.42 Å². The maximum atomic E-state index is 5.25. The summed E-state index contributed by atoms with van der Waals surface area (Å²) in [6, 6.07) is 10.8. The fraction of sp³-hybridized carbons (Fsp3) is 0.444. The summed E-state index contributed by atoms with van der Waals surface area (Å²) in [6.07, 6.45) is 3.51. The van der Waals surface area contributed by atoms with E-state index in [4.69, 9.17) is 4.42 Å². The number of hydrogen-bond acceptors (Lipinski definition) is 2. The lowest BCUT2D eigenvalue weighted by atomic mass is 9.87. The number of anilines is 2. The predicted octanol–water partition coefficient (Wildman–Crippen LogP) is 5.51. The molecular formula is C18H25NO. The van der Waals surface area contributed by atoms with Gasteiger partial charge in [0, 0.05) is 17.3 Å². The average Bonchev–Trinajstić information content (AvgIpc) is 2.80. The number of hydrogen-bond donors (Lipinski definition) is 0. The Labute approximate surface area is 122 Å². The highest BCUT2D eigenvalue weighted by Gasteiger charge is 2.24. The van der Waals surface area contributed by atoms with Gasteiger partial charge in [0.05, 0.1) is 12.0 Å². The van der Waals surface area contributed by atoms with Crippen LogP contribution in [0.1, 0.15) is 47.1 Å². The molecule has 2 rings (SSSR count). The molecule has 0 amide bonds. The molecule has 0 atom stereocenters. The Morgan fingerprint density at radius 3 is 1.80 bits per heavy atom. The summed E-state index contributed by atoms with van der Waals surface area (Å²) in [5.74, 6) is 0. The first-order chi connectivity index (χ1) is 9.19. The first-order valence-electron chi connectivity index (χ1n) is 7.12. The topological polar surface area (TPSA) is 16.4 Å². The molecule has 108 valence electrons. The molecule has 20 heavy (non-hydrogen) atoms. The van der Waals surface area contributed by atoms with Crippen molar-refractivity contribution in [2.75, 3.05) is 4.90 Å². The Morgan fingerprint density at radius 2 is 1.40 bits per heavy atom. The number of furan rings is 1. The molecule has 0 unspecified atom stereocenters. The summed E-state index contributed by atoms with van der Waals surface area (Å²) >= 11 is 0.